The second-order valence-electron chi connectivity index (χ2n) is 4.27. The first-order chi connectivity index (χ1) is 8.58. The Bertz CT molecular complexity index is 715. The second-order valence-corrected chi connectivity index (χ2v) is 6.69. The van der Waals surface area contributed by atoms with Crippen molar-refractivity contribution in [2.75, 3.05) is 16.6 Å². The molecule has 0 saturated carbocycles. The van der Waals surface area contributed by atoms with Crippen molar-refractivity contribution in [1.29, 1.82) is 0 Å². The first-order valence-corrected chi connectivity index (χ1v) is 7.60. The molecule has 94 valence electrons. The van der Waals surface area contributed by atoms with Crippen molar-refractivity contribution < 1.29 is 8.42 Å². The fourth-order valence-electron chi connectivity index (χ4n) is 2.20. The molecule has 1 aromatic heterocycles. The van der Waals surface area contributed by atoms with Crippen molar-refractivity contribution in [3.63, 3.8) is 0 Å². The van der Waals surface area contributed by atoms with Crippen LogP contribution in [0.1, 0.15) is 6.42 Å². The maximum atomic E-state index is 11.9. The van der Waals surface area contributed by atoms with Crippen LogP contribution < -0.4 is 4.31 Å². The summed E-state index contributed by atoms with van der Waals surface area (Å²) in [6, 6.07) is 5.45. The highest BCUT2D eigenvalue weighted by Gasteiger charge is 2.28. The van der Waals surface area contributed by atoms with E-state index in [0.717, 1.165) is 10.8 Å². The number of halogens is 1. The summed E-state index contributed by atoms with van der Waals surface area (Å²) in [5.41, 5.74) is 0.674. The molecule has 0 amide bonds. The molecule has 3 rings (SSSR count). The largest absolute Gasteiger partial charge is 0.270 e. The molecule has 0 aliphatic carbocycles. The van der Waals surface area contributed by atoms with E-state index in [2.05, 4.69) is 4.98 Å². The minimum absolute atomic E-state index is 0.217. The smallest absolute Gasteiger partial charge is 0.235 e. The molecule has 1 aliphatic heterocycles. The minimum atomic E-state index is -3.15. The molecular formula is C12H11ClN2O2S. The standard InChI is InChI=1S/C12H11ClN2O2S/c13-12-8-14-7-9-2-3-10(6-11(9)12)15-4-1-5-18(15,16)17/h2-3,6-8H,1,4-5H2. The van der Waals surface area contributed by atoms with Crippen molar-refractivity contribution >= 4 is 38.1 Å². The quantitative estimate of drug-likeness (QED) is 0.807. The molecule has 0 unspecified atom stereocenters. The molecule has 4 nitrogen and oxygen atoms in total. The molecule has 1 saturated heterocycles. The molecule has 1 aliphatic rings. The van der Waals surface area contributed by atoms with Gasteiger partial charge in [0.1, 0.15) is 0 Å². The van der Waals surface area contributed by atoms with E-state index in [-0.39, 0.29) is 5.75 Å². The molecule has 0 radical (unpaired) electrons. The van der Waals surface area contributed by atoms with Crippen molar-refractivity contribution in [2.24, 2.45) is 0 Å². The van der Waals surface area contributed by atoms with Crippen LogP contribution in [-0.4, -0.2) is 25.7 Å². The van der Waals surface area contributed by atoms with Gasteiger partial charge < -0.3 is 0 Å². The van der Waals surface area contributed by atoms with Gasteiger partial charge in [0.15, 0.2) is 0 Å². The highest BCUT2D eigenvalue weighted by Crippen LogP contribution is 2.30. The van der Waals surface area contributed by atoms with Crippen molar-refractivity contribution in [3.05, 3.63) is 35.6 Å². The van der Waals surface area contributed by atoms with Gasteiger partial charge in [-0.2, -0.15) is 0 Å². The Morgan fingerprint density at radius 1 is 1.28 bits per heavy atom. The molecule has 2 aromatic rings. The average Bonchev–Trinajstić information content (AvgIpc) is 2.69. The molecule has 0 atom stereocenters. The van der Waals surface area contributed by atoms with Gasteiger partial charge in [-0.05, 0) is 18.6 Å². The summed E-state index contributed by atoms with van der Waals surface area (Å²) in [6.45, 7) is 0.538. The highest BCUT2D eigenvalue weighted by atomic mass is 35.5. The molecule has 0 N–H and O–H groups in total. The lowest BCUT2D eigenvalue weighted by atomic mass is 10.1. The Labute approximate surface area is 110 Å². The van der Waals surface area contributed by atoms with E-state index in [1.807, 2.05) is 12.1 Å². The zero-order valence-corrected chi connectivity index (χ0v) is 11.1. The first kappa shape index (κ1) is 11.7. The fraction of sp³-hybridized carbons (Fsp3) is 0.250. The number of pyridine rings is 1. The number of aromatic nitrogens is 1. The van der Waals surface area contributed by atoms with Gasteiger partial charge in [0.25, 0.3) is 0 Å². The summed E-state index contributed by atoms with van der Waals surface area (Å²) in [5.74, 6) is 0.217. The number of sulfonamides is 1. The van der Waals surface area contributed by atoms with Gasteiger partial charge in [0, 0.05) is 29.7 Å². The Balaban J connectivity index is 2.17. The summed E-state index contributed by atoms with van der Waals surface area (Å²) < 4.78 is 25.2. The van der Waals surface area contributed by atoms with E-state index >= 15 is 0 Å². The summed E-state index contributed by atoms with van der Waals surface area (Å²) in [5, 5.41) is 2.26. The van der Waals surface area contributed by atoms with Gasteiger partial charge in [-0.3, -0.25) is 9.29 Å². The highest BCUT2D eigenvalue weighted by molar-refractivity contribution is 7.93. The van der Waals surface area contributed by atoms with Crippen LogP contribution in [0.4, 0.5) is 5.69 Å². The summed E-state index contributed by atoms with van der Waals surface area (Å²) >= 11 is 6.08. The number of rotatable bonds is 1. The Hall–Kier alpha value is -1.33. The minimum Gasteiger partial charge on any atom is -0.270 e. The number of hydrogen-bond donors (Lipinski definition) is 0. The first-order valence-electron chi connectivity index (χ1n) is 5.62. The molecule has 1 fully saturated rings. The van der Waals surface area contributed by atoms with E-state index in [0.29, 0.717) is 23.7 Å². The third-order valence-electron chi connectivity index (χ3n) is 3.08. The zero-order chi connectivity index (χ0) is 12.8. The molecule has 1 aromatic carbocycles. The second kappa shape index (κ2) is 4.10. The normalized spacial score (nSPS) is 18.4. The Morgan fingerprint density at radius 3 is 2.83 bits per heavy atom. The number of nitrogens with zero attached hydrogens (tertiary/aromatic N) is 2. The van der Waals surface area contributed by atoms with Crippen LogP contribution in [0, 0.1) is 0 Å². The third-order valence-corrected chi connectivity index (χ3v) is 5.25. The van der Waals surface area contributed by atoms with Gasteiger partial charge >= 0.3 is 0 Å². The van der Waals surface area contributed by atoms with Crippen LogP contribution in [0.2, 0.25) is 5.02 Å². The Morgan fingerprint density at radius 2 is 2.11 bits per heavy atom. The molecular weight excluding hydrogens is 272 g/mol. The predicted molar refractivity (Wildman–Crippen MR) is 72.5 cm³/mol. The molecule has 2 heterocycles. The van der Waals surface area contributed by atoms with Crippen molar-refractivity contribution in [1.82, 2.24) is 4.98 Å². The van der Waals surface area contributed by atoms with E-state index in [9.17, 15) is 8.42 Å². The monoisotopic (exact) mass is 282 g/mol. The van der Waals surface area contributed by atoms with Gasteiger partial charge in [0.2, 0.25) is 10.0 Å². The molecule has 0 spiro atoms. The average molecular weight is 283 g/mol. The van der Waals surface area contributed by atoms with Crippen LogP contribution in [0.25, 0.3) is 10.8 Å². The van der Waals surface area contributed by atoms with Crippen LogP contribution in [0.15, 0.2) is 30.6 Å². The topological polar surface area (TPSA) is 50.3 Å². The zero-order valence-electron chi connectivity index (χ0n) is 9.51. The van der Waals surface area contributed by atoms with Gasteiger partial charge in [0.05, 0.1) is 16.5 Å². The maximum absolute atomic E-state index is 11.9. The predicted octanol–water partition coefficient (Wildman–Crippen LogP) is 2.43. The lowest BCUT2D eigenvalue weighted by Crippen LogP contribution is -2.24. The fourth-order valence-corrected chi connectivity index (χ4v) is 3.98. The van der Waals surface area contributed by atoms with Gasteiger partial charge in [-0.1, -0.05) is 17.7 Å². The van der Waals surface area contributed by atoms with Crippen LogP contribution in [0.5, 0.6) is 0 Å². The lowest BCUT2D eigenvalue weighted by Gasteiger charge is -2.17. The third kappa shape index (κ3) is 1.83. The van der Waals surface area contributed by atoms with E-state index in [1.165, 1.54) is 4.31 Å². The van der Waals surface area contributed by atoms with E-state index in [4.69, 9.17) is 11.6 Å². The van der Waals surface area contributed by atoms with Crippen molar-refractivity contribution in [2.45, 2.75) is 6.42 Å². The summed E-state index contributed by atoms with van der Waals surface area (Å²) in [7, 11) is -3.15. The van der Waals surface area contributed by atoms with E-state index < -0.39 is 10.0 Å². The molecule has 6 heteroatoms. The molecule has 0 bridgehead atoms. The number of hydrogen-bond acceptors (Lipinski definition) is 3. The Kier molecular flexibility index (Phi) is 2.68. The summed E-state index contributed by atoms with van der Waals surface area (Å²) in [6.07, 6.45) is 3.94. The van der Waals surface area contributed by atoms with E-state index in [1.54, 1.807) is 18.5 Å². The van der Waals surface area contributed by atoms with Crippen LogP contribution in [0.3, 0.4) is 0 Å². The number of benzene rings is 1. The lowest BCUT2D eigenvalue weighted by molar-refractivity contribution is 0.599. The number of fused-ring (bicyclic) bond motifs is 1. The molecule has 18 heavy (non-hydrogen) atoms. The summed E-state index contributed by atoms with van der Waals surface area (Å²) in [4.78, 5) is 4.00. The van der Waals surface area contributed by atoms with Crippen LogP contribution >= 0.6 is 11.6 Å². The maximum Gasteiger partial charge on any atom is 0.235 e. The van der Waals surface area contributed by atoms with Gasteiger partial charge in [-0.15, -0.1) is 0 Å². The number of anilines is 1. The van der Waals surface area contributed by atoms with Crippen LogP contribution in [-0.2, 0) is 10.0 Å². The van der Waals surface area contributed by atoms with Crippen molar-refractivity contribution in [3.8, 4) is 0 Å². The SMILES string of the molecule is O=S1(=O)CCCN1c1ccc2cncc(Cl)c2c1. The van der Waals surface area contributed by atoms with Gasteiger partial charge in [-0.25, -0.2) is 8.42 Å².